The fourth-order valence-corrected chi connectivity index (χ4v) is 5.96. The third-order valence-corrected chi connectivity index (χ3v) is 8.49. The highest BCUT2D eigenvalue weighted by Gasteiger charge is 2.33. The van der Waals surface area contributed by atoms with Crippen LogP contribution in [-0.4, -0.2) is 68.3 Å². The van der Waals surface area contributed by atoms with Gasteiger partial charge in [-0.05, 0) is 89.6 Å². The molecule has 2 N–H and O–H groups in total. The summed E-state index contributed by atoms with van der Waals surface area (Å²) in [6.45, 7) is 18.0. The normalized spacial score (nSPS) is 16.4. The number of anilines is 1. The summed E-state index contributed by atoms with van der Waals surface area (Å²) < 4.78 is 14.5. The summed E-state index contributed by atoms with van der Waals surface area (Å²) in [5.74, 6) is 0.783. The van der Waals surface area contributed by atoms with Gasteiger partial charge in [0.1, 0.15) is 11.6 Å². The number of carbonyl (C=O) groups is 1. The zero-order valence-electron chi connectivity index (χ0n) is 30.5. The number of fused-ring (bicyclic) bond motifs is 7. The third-order valence-electron chi connectivity index (χ3n) is 8.49. The summed E-state index contributed by atoms with van der Waals surface area (Å²) in [6, 6.07) is 16.8. The Kier molecular flexibility index (Phi) is 12.6. The highest BCUT2D eigenvalue weighted by Crippen LogP contribution is 2.36. The van der Waals surface area contributed by atoms with Crippen LogP contribution in [0, 0.1) is 6.92 Å². The number of aromatic nitrogens is 3. The molecule has 9 heteroatoms. The van der Waals surface area contributed by atoms with Crippen molar-refractivity contribution >= 4 is 17.4 Å². The molecule has 7 rings (SSSR count). The highest BCUT2D eigenvalue weighted by atomic mass is 16.5. The number of aryl methyl sites for hydroxylation is 2. The quantitative estimate of drug-likeness (QED) is 0.211. The molecule has 6 bridgehead atoms. The van der Waals surface area contributed by atoms with Gasteiger partial charge >= 0.3 is 5.97 Å². The van der Waals surface area contributed by atoms with E-state index in [-0.39, 0.29) is 12.0 Å². The maximum atomic E-state index is 11.9. The molecule has 2 aromatic carbocycles. The van der Waals surface area contributed by atoms with E-state index in [1.54, 1.807) is 20.8 Å². The molecular weight excluding hydrogens is 616 g/mol. The number of hydrogen-bond donors (Lipinski definition) is 2. The predicted molar refractivity (Wildman–Crippen MR) is 198 cm³/mol. The van der Waals surface area contributed by atoms with Gasteiger partial charge in [-0.3, -0.25) is 4.79 Å². The number of ether oxygens (including phenoxy) is 2. The molecule has 4 aromatic rings. The van der Waals surface area contributed by atoms with Gasteiger partial charge < -0.3 is 24.6 Å². The number of benzene rings is 2. The van der Waals surface area contributed by atoms with E-state index in [1.807, 2.05) is 37.4 Å². The minimum atomic E-state index is -0.883. The van der Waals surface area contributed by atoms with Crippen molar-refractivity contribution < 1.29 is 24.5 Å². The molecular formula is C40H54N4O5. The second kappa shape index (κ2) is 16.5. The molecule has 2 aromatic heterocycles. The molecule has 0 atom stereocenters. The van der Waals surface area contributed by atoms with Gasteiger partial charge in [0.25, 0.3) is 0 Å². The maximum absolute atomic E-state index is 11.9. The summed E-state index contributed by atoms with van der Waals surface area (Å²) in [6.07, 6.45) is 7.47. The Hall–Kier alpha value is -4.21. The molecule has 0 aliphatic carbocycles. The second-order valence-electron chi connectivity index (χ2n) is 13.7. The maximum Gasteiger partial charge on any atom is 0.308 e. The van der Waals surface area contributed by atoms with E-state index in [2.05, 4.69) is 67.3 Å². The van der Waals surface area contributed by atoms with Crippen LogP contribution in [0.3, 0.4) is 0 Å². The van der Waals surface area contributed by atoms with E-state index in [0.717, 1.165) is 72.7 Å². The van der Waals surface area contributed by atoms with Crippen molar-refractivity contribution in [3.8, 4) is 28.1 Å². The highest BCUT2D eigenvalue weighted by molar-refractivity contribution is 5.78. The topological polar surface area (TPSA) is 109 Å². The number of carboxylic acid groups (broad SMARTS) is 1. The molecule has 0 unspecified atom stereocenters. The predicted octanol–water partition coefficient (Wildman–Crippen LogP) is 8.08. The van der Waals surface area contributed by atoms with Crippen molar-refractivity contribution in [2.24, 2.45) is 0 Å². The van der Waals surface area contributed by atoms with Crippen molar-refractivity contribution in [2.75, 3.05) is 31.2 Å². The molecule has 264 valence electrons. The molecule has 0 radical (unpaired) electrons. The SMILES string of the molecule is CC.CC(C)(C)O.CCc1ccc2c(c1)-c1cccc(c1)-c1cc3nc(C)c(CC(=O)O)c(n3n1)N1CCC(C)(CC1)OC/C=C/CCO2. The molecule has 1 fully saturated rings. The molecule has 3 aliphatic rings. The Labute approximate surface area is 291 Å². The molecule has 1 saturated heterocycles. The van der Waals surface area contributed by atoms with E-state index in [1.165, 1.54) is 5.56 Å². The van der Waals surface area contributed by atoms with Gasteiger partial charge in [0.2, 0.25) is 0 Å². The molecule has 3 aliphatic heterocycles. The lowest BCUT2D eigenvalue weighted by atomic mass is 9.93. The van der Waals surface area contributed by atoms with Gasteiger partial charge in [-0.25, -0.2) is 4.98 Å². The minimum absolute atomic E-state index is 0.111. The van der Waals surface area contributed by atoms with Crippen molar-refractivity contribution in [3.63, 3.8) is 0 Å². The summed E-state index contributed by atoms with van der Waals surface area (Å²) >= 11 is 0. The Balaban J connectivity index is 0.000000710. The average molecular weight is 671 g/mol. The first-order chi connectivity index (χ1) is 23.3. The van der Waals surface area contributed by atoms with Gasteiger partial charge in [-0.15, -0.1) is 0 Å². The van der Waals surface area contributed by atoms with Crippen molar-refractivity contribution in [2.45, 2.75) is 98.7 Å². The van der Waals surface area contributed by atoms with Crippen LogP contribution < -0.4 is 9.64 Å². The van der Waals surface area contributed by atoms with Crippen LogP contribution >= 0.6 is 0 Å². The van der Waals surface area contributed by atoms with Gasteiger partial charge in [0, 0.05) is 41.5 Å². The van der Waals surface area contributed by atoms with Crippen LogP contribution in [0.2, 0.25) is 0 Å². The van der Waals surface area contributed by atoms with E-state index >= 15 is 0 Å². The Morgan fingerprint density at radius 1 is 1.02 bits per heavy atom. The number of hydrogen-bond acceptors (Lipinski definition) is 7. The van der Waals surface area contributed by atoms with E-state index < -0.39 is 11.6 Å². The van der Waals surface area contributed by atoms with Crippen LogP contribution in [0.4, 0.5) is 5.82 Å². The van der Waals surface area contributed by atoms with Gasteiger partial charge in [-0.1, -0.05) is 57.2 Å². The van der Waals surface area contributed by atoms with E-state index in [0.29, 0.717) is 30.1 Å². The third kappa shape index (κ3) is 9.92. The molecule has 49 heavy (non-hydrogen) atoms. The van der Waals surface area contributed by atoms with Crippen molar-refractivity contribution in [1.82, 2.24) is 14.6 Å². The van der Waals surface area contributed by atoms with Crippen LogP contribution in [0.15, 0.2) is 60.7 Å². The first-order valence-corrected chi connectivity index (χ1v) is 17.6. The molecule has 0 amide bonds. The monoisotopic (exact) mass is 670 g/mol. The first-order valence-electron chi connectivity index (χ1n) is 17.6. The zero-order chi connectivity index (χ0) is 35.8. The number of aliphatic hydroxyl groups is 1. The largest absolute Gasteiger partial charge is 0.493 e. The number of aliphatic carboxylic acids is 1. The van der Waals surface area contributed by atoms with Crippen LogP contribution in [0.25, 0.3) is 28.0 Å². The van der Waals surface area contributed by atoms with Crippen molar-refractivity contribution in [1.29, 1.82) is 0 Å². The van der Waals surface area contributed by atoms with Crippen molar-refractivity contribution in [3.05, 3.63) is 77.5 Å². The Morgan fingerprint density at radius 2 is 1.71 bits per heavy atom. The lowest BCUT2D eigenvalue weighted by Crippen LogP contribution is -2.45. The Bertz CT molecular complexity index is 1740. The fraction of sp³-hybridized carbons (Fsp3) is 0.475. The lowest BCUT2D eigenvalue weighted by Gasteiger charge is -2.40. The zero-order valence-corrected chi connectivity index (χ0v) is 30.5. The smallest absolute Gasteiger partial charge is 0.308 e. The van der Waals surface area contributed by atoms with Gasteiger partial charge in [0.15, 0.2) is 5.65 Å². The van der Waals surface area contributed by atoms with Crippen LogP contribution in [-0.2, 0) is 22.4 Å². The summed E-state index contributed by atoms with van der Waals surface area (Å²) in [5, 5.41) is 23.3. The van der Waals surface area contributed by atoms with Gasteiger partial charge in [-0.2, -0.15) is 9.61 Å². The molecule has 9 nitrogen and oxygen atoms in total. The Morgan fingerprint density at radius 3 is 2.39 bits per heavy atom. The summed E-state index contributed by atoms with van der Waals surface area (Å²) in [7, 11) is 0. The number of rotatable bonds is 3. The second-order valence-corrected chi connectivity index (χ2v) is 13.7. The number of piperidine rings is 1. The van der Waals surface area contributed by atoms with E-state index in [9.17, 15) is 9.90 Å². The minimum Gasteiger partial charge on any atom is -0.493 e. The summed E-state index contributed by atoms with van der Waals surface area (Å²) in [4.78, 5) is 19.0. The molecule has 5 heterocycles. The number of nitrogens with zero attached hydrogens (tertiary/aromatic N) is 4. The lowest BCUT2D eigenvalue weighted by molar-refractivity contribution is -0.136. The standard InChI is InChI=1S/C34H38N4O4.C4H10O.C2H6/c1-4-24-11-12-30-28(19-24)25-9-8-10-26(20-25)29-22-31-35-23(2)27(21-32(39)40)33(38(31)36-29)37-15-13-34(3,14-16-37)42-18-7-5-6-17-41-30;1-4(2,3)5;1-2/h5,7-12,19-20,22H,4,6,13-18,21H2,1-3H3,(H,39,40);5H,1-3H3;1-2H3/b7-5+;;. The van der Waals surface area contributed by atoms with Gasteiger partial charge in [0.05, 0.1) is 36.5 Å². The molecule has 0 saturated carbocycles. The fourth-order valence-electron chi connectivity index (χ4n) is 5.96. The van der Waals surface area contributed by atoms with E-state index in [4.69, 9.17) is 24.7 Å². The first kappa shape index (κ1) is 37.6. The molecule has 0 spiro atoms. The average Bonchev–Trinajstić information content (AvgIpc) is 3.48. The van der Waals surface area contributed by atoms with Crippen LogP contribution in [0.1, 0.15) is 84.5 Å². The van der Waals surface area contributed by atoms with Crippen LogP contribution in [0.5, 0.6) is 5.75 Å². The summed E-state index contributed by atoms with van der Waals surface area (Å²) in [5.41, 5.74) is 6.47. The number of carboxylic acids is 1.